The third-order valence-corrected chi connectivity index (χ3v) is 6.19. The zero-order valence-electron chi connectivity index (χ0n) is 16.1. The van der Waals surface area contributed by atoms with Gasteiger partial charge in [-0.25, -0.2) is 0 Å². The van der Waals surface area contributed by atoms with Gasteiger partial charge in [-0.05, 0) is 57.2 Å². The first kappa shape index (κ1) is 18.9. The Balaban J connectivity index is 1.37. The summed E-state index contributed by atoms with van der Waals surface area (Å²) >= 11 is 0. The van der Waals surface area contributed by atoms with Crippen molar-refractivity contribution in [1.82, 2.24) is 4.90 Å². The van der Waals surface area contributed by atoms with Crippen LogP contribution in [-0.2, 0) is 9.59 Å². The topological polar surface area (TPSA) is 102 Å². The number of fused-ring (bicyclic) bond motifs is 1. The van der Waals surface area contributed by atoms with Gasteiger partial charge in [-0.2, -0.15) is 0 Å². The largest absolute Gasteiger partial charge is 0.479 e. The molecule has 0 radical (unpaired) electrons. The third-order valence-electron chi connectivity index (χ3n) is 6.19. The van der Waals surface area contributed by atoms with E-state index in [0.717, 1.165) is 19.3 Å². The number of benzene rings is 1. The van der Waals surface area contributed by atoms with E-state index in [4.69, 9.17) is 10.5 Å². The van der Waals surface area contributed by atoms with Gasteiger partial charge in [0.25, 0.3) is 5.91 Å². The van der Waals surface area contributed by atoms with Crippen LogP contribution in [0.3, 0.4) is 0 Å². The highest BCUT2D eigenvalue weighted by Crippen LogP contribution is 2.33. The molecule has 1 aromatic carbocycles. The van der Waals surface area contributed by atoms with Crippen molar-refractivity contribution in [2.24, 2.45) is 17.6 Å². The van der Waals surface area contributed by atoms with Crippen molar-refractivity contribution in [3.05, 3.63) is 23.8 Å². The van der Waals surface area contributed by atoms with Crippen molar-refractivity contribution in [2.75, 3.05) is 18.4 Å². The van der Waals surface area contributed by atoms with Gasteiger partial charge in [-0.15, -0.1) is 0 Å². The van der Waals surface area contributed by atoms with E-state index in [1.807, 2.05) is 4.90 Å². The number of carbonyl (C=O) groups is 3. The number of hydrogen-bond acceptors (Lipinski definition) is 5. The van der Waals surface area contributed by atoms with E-state index in [1.165, 1.54) is 0 Å². The Hall–Kier alpha value is -2.41. The average molecular weight is 385 g/mol. The molecule has 3 unspecified atom stereocenters. The van der Waals surface area contributed by atoms with E-state index < -0.39 is 6.10 Å². The number of nitrogens with one attached hydrogen (secondary N) is 1. The van der Waals surface area contributed by atoms with E-state index in [2.05, 4.69) is 5.32 Å². The first-order chi connectivity index (χ1) is 13.4. The Bertz CT molecular complexity index is 801. The highest BCUT2D eigenvalue weighted by molar-refractivity contribution is 6.02. The molecule has 7 nitrogen and oxygen atoms in total. The molecule has 1 aliphatic carbocycles. The number of piperidine rings is 1. The summed E-state index contributed by atoms with van der Waals surface area (Å²) in [6, 6.07) is 5.33. The van der Waals surface area contributed by atoms with Crippen LogP contribution in [0.5, 0.6) is 5.75 Å². The maximum Gasteiger partial charge on any atom is 0.265 e. The Labute approximate surface area is 164 Å². The van der Waals surface area contributed by atoms with Crippen molar-refractivity contribution in [1.29, 1.82) is 0 Å². The molecule has 2 amide bonds. The lowest BCUT2D eigenvalue weighted by Crippen LogP contribution is -2.43. The summed E-state index contributed by atoms with van der Waals surface area (Å²) in [6.45, 7) is 2.91. The Morgan fingerprint density at radius 3 is 2.57 bits per heavy atom. The quantitative estimate of drug-likeness (QED) is 0.775. The van der Waals surface area contributed by atoms with E-state index >= 15 is 0 Å². The number of rotatable bonds is 3. The number of ketones is 1. The second-order valence-corrected chi connectivity index (χ2v) is 8.19. The number of nitrogens with two attached hydrogens (primary N) is 1. The minimum Gasteiger partial charge on any atom is -0.479 e. The third kappa shape index (κ3) is 3.63. The summed E-state index contributed by atoms with van der Waals surface area (Å²) in [5.41, 5.74) is 7.05. The second kappa shape index (κ2) is 7.54. The number of carbonyl (C=O) groups excluding carboxylic acids is 3. The minimum atomic E-state index is -0.537. The highest BCUT2D eigenvalue weighted by atomic mass is 16.5. The summed E-state index contributed by atoms with van der Waals surface area (Å²) in [7, 11) is 0. The fourth-order valence-corrected chi connectivity index (χ4v) is 4.46. The van der Waals surface area contributed by atoms with Crippen LogP contribution in [0.25, 0.3) is 0 Å². The first-order valence-electron chi connectivity index (χ1n) is 10.1. The predicted octanol–water partition coefficient (Wildman–Crippen LogP) is 1.95. The molecule has 28 heavy (non-hydrogen) atoms. The van der Waals surface area contributed by atoms with E-state index in [0.29, 0.717) is 42.9 Å². The first-order valence-corrected chi connectivity index (χ1v) is 10.1. The molecule has 1 saturated heterocycles. The standard InChI is InChI=1S/C21H27N3O4/c1-12-20(26)23-17-11-14(3-5-18(17)28-12)19(25)13-6-8-24(9-7-13)21(27)15-2-4-16(22)10-15/h3,5,11-13,15-16H,2,4,6-10,22H2,1H3,(H,23,26). The van der Waals surface area contributed by atoms with Crippen molar-refractivity contribution in [3.8, 4) is 5.75 Å². The average Bonchev–Trinajstić information content (AvgIpc) is 3.14. The lowest BCUT2D eigenvalue weighted by molar-refractivity contribution is -0.136. The maximum atomic E-state index is 12.9. The molecule has 2 aliphatic heterocycles. The molecule has 4 rings (SSSR count). The fraction of sp³-hybridized carbons (Fsp3) is 0.571. The zero-order chi connectivity index (χ0) is 19.8. The maximum absolute atomic E-state index is 12.9. The van der Waals surface area contributed by atoms with E-state index in [-0.39, 0.29) is 35.5 Å². The van der Waals surface area contributed by atoms with Crippen molar-refractivity contribution < 1.29 is 19.1 Å². The Kier molecular flexibility index (Phi) is 5.10. The number of anilines is 1. The second-order valence-electron chi connectivity index (χ2n) is 8.19. The normalized spacial score (nSPS) is 27.7. The minimum absolute atomic E-state index is 0.0499. The van der Waals surface area contributed by atoms with E-state index in [1.54, 1.807) is 25.1 Å². The highest BCUT2D eigenvalue weighted by Gasteiger charge is 2.34. The molecule has 150 valence electrons. The van der Waals surface area contributed by atoms with Crippen LogP contribution in [0, 0.1) is 11.8 Å². The summed E-state index contributed by atoms with van der Waals surface area (Å²) < 4.78 is 5.54. The van der Waals surface area contributed by atoms with Gasteiger partial charge in [0, 0.05) is 36.5 Å². The van der Waals surface area contributed by atoms with Crippen molar-refractivity contribution in [2.45, 2.75) is 51.2 Å². The molecule has 2 heterocycles. The van der Waals surface area contributed by atoms with Crippen LogP contribution in [-0.4, -0.2) is 47.7 Å². The van der Waals surface area contributed by atoms with Crippen LogP contribution >= 0.6 is 0 Å². The van der Waals surface area contributed by atoms with Gasteiger partial charge >= 0.3 is 0 Å². The molecular weight excluding hydrogens is 358 g/mol. The van der Waals surface area contributed by atoms with Gasteiger partial charge in [-0.1, -0.05) is 0 Å². The molecule has 0 bridgehead atoms. The molecule has 3 N–H and O–H groups in total. The lowest BCUT2D eigenvalue weighted by Gasteiger charge is -2.33. The number of nitrogens with zero attached hydrogens (tertiary/aromatic N) is 1. The molecule has 3 aliphatic rings. The number of amides is 2. The molecule has 1 aromatic rings. The molecule has 0 aromatic heterocycles. The van der Waals surface area contributed by atoms with Gasteiger partial charge < -0.3 is 20.7 Å². The predicted molar refractivity (Wildman–Crippen MR) is 104 cm³/mol. The van der Waals surface area contributed by atoms with Crippen LogP contribution in [0.15, 0.2) is 18.2 Å². The lowest BCUT2D eigenvalue weighted by atomic mass is 9.88. The fourth-order valence-electron chi connectivity index (χ4n) is 4.46. The molecule has 0 spiro atoms. The molecule has 2 fully saturated rings. The monoisotopic (exact) mass is 385 g/mol. The van der Waals surface area contributed by atoms with Gasteiger partial charge in [-0.3, -0.25) is 14.4 Å². The van der Waals surface area contributed by atoms with Gasteiger partial charge in [0.05, 0.1) is 5.69 Å². The summed E-state index contributed by atoms with van der Waals surface area (Å²) in [4.78, 5) is 39.3. The van der Waals surface area contributed by atoms with Crippen LogP contribution in [0.2, 0.25) is 0 Å². The number of likely N-dealkylation sites (tertiary alicyclic amines) is 1. The molecule has 3 atom stereocenters. The summed E-state index contributed by atoms with van der Waals surface area (Å²) in [5.74, 6) is 0.572. The van der Waals surface area contributed by atoms with Crippen molar-refractivity contribution in [3.63, 3.8) is 0 Å². The number of ether oxygens (including phenoxy) is 1. The Morgan fingerprint density at radius 2 is 1.89 bits per heavy atom. The molecular formula is C21H27N3O4. The van der Waals surface area contributed by atoms with Gasteiger partial charge in [0.1, 0.15) is 5.75 Å². The van der Waals surface area contributed by atoms with Crippen LogP contribution < -0.4 is 15.8 Å². The zero-order valence-corrected chi connectivity index (χ0v) is 16.1. The molecule has 7 heteroatoms. The SMILES string of the molecule is CC1Oc2ccc(C(=O)C3CCN(C(=O)C4CCC(N)C4)CC3)cc2NC1=O. The van der Waals surface area contributed by atoms with E-state index in [9.17, 15) is 14.4 Å². The Morgan fingerprint density at radius 1 is 1.14 bits per heavy atom. The van der Waals surface area contributed by atoms with Crippen LogP contribution in [0.4, 0.5) is 5.69 Å². The van der Waals surface area contributed by atoms with Gasteiger partial charge in [0.15, 0.2) is 11.9 Å². The number of hydrogen-bond donors (Lipinski definition) is 2. The summed E-state index contributed by atoms with van der Waals surface area (Å²) in [5, 5.41) is 2.79. The van der Waals surface area contributed by atoms with Gasteiger partial charge in [0.2, 0.25) is 5.91 Å². The van der Waals surface area contributed by atoms with Crippen LogP contribution in [0.1, 0.15) is 49.4 Å². The van der Waals surface area contributed by atoms with Crippen molar-refractivity contribution >= 4 is 23.3 Å². The smallest absolute Gasteiger partial charge is 0.265 e. The molecule has 1 saturated carbocycles. The summed E-state index contributed by atoms with van der Waals surface area (Å²) in [6.07, 6.45) is 3.37. The number of Topliss-reactive ketones (excluding diaryl/α,β-unsaturated/α-hetero) is 1.